The molecule has 92 valence electrons. The van der Waals surface area contributed by atoms with Gasteiger partial charge in [-0.2, -0.15) is 0 Å². The Bertz CT molecular complexity index is 410. The van der Waals surface area contributed by atoms with Crippen LogP contribution in [0.4, 0.5) is 0 Å². The van der Waals surface area contributed by atoms with Crippen molar-refractivity contribution in [2.45, 2.75) is 6.42 Å². The summed E-state index contributed by atoms with van der Waals surface area (Å²) in [5, 5.41) is 3.34. The van der Waals surface area contributed by atoms with Crippen LogP contribution in [0.15, 0.2) is 24.3 Å². The van der Waals surface area contributed by atoms with Crippen molar-refractivity contribution in [1.29, 1.82) is 0 Å². The molecule has 1 N–H and O–H groups in total. The van der Waals surface area contributed by atoms with Crippen molar-refractivity contribution in [3.8, 4) is 0 Å². The summed E-state index contributed by atoms with van der Waals surface area (Å²) in [5.41, 5.74) is 4.42. The molecule has 1 unspecified atom stereocenters. The lowest BCUT2D eigenvalue weighted by molar-refractivity contribution is 0.170. The first-order valence-electron chi connectivity index (χ1n) is 5.73. The van der Waals surface area contributed by atoms with E-state index in [2.05, 4.69) is 29.6 Å². The van der Waals surface area contributed by atoms with Crippen LogP contribution >= 0.6 is 23.2 Å². The zero-order chi connectivity index (χ0) is 12.3. The Labute approximate surface area is 112 Å². The van der Waals surface area contributed by atoms with Crippen LogP contribution in [0.2, 0.25) is 10.0 Å². The van der Waals surface area contributed by atoms with E-state index in [1.807, 2.05) is 18.2 Å². The summed E-state index contributed by atoms with van der Waals surface area (Å²) in [5.74, 6) is 0.584. The minimum atomic E-state index is 0.584. The highest BCUT2D eigenvalue weighted by molar-refractivity contribution is 6.42. The summed E-state index contributed by atoms with van der Waals surface area (Å²) in [7, 11) is 2.07. The fourth-order valence-electron chi connectivity index (χ4n) is 1.84. The van der Waals surface area contributed by atoms with E-state index in [0.29, 0.717) is 16.0 Å². The molecule has 0 amide bonds. The normalized spacial score (nSPS) is 22.2. The van der Waals surface area contributed by atoms with Crippen LogP contribution in [0.3, 0.4) is 0 Å². The number of halogens is 2. The fourth-order valence-corrected chi connectivity index (χ4v) is 2.15. The Morgan fingerprint density at radius 3 is 2.82 bits per heavy atom. The number of hydrogen-bond donors (Lipinski definition) is 1. The van der Waals surface area contributed by atoms with Crippen LogP contribution in [-0.4, -0.2) is 25.1 Å². The first-order chi connectivity index (χ1) is 8.15. The van der Waals surface area contributed by atoms with Gasteiger partial charge in [0, 0.05) is 20.1 Å². The average molecular weight is 271 g/mol. The molecule has 4 heteroatoms. The summed E-state index contributed by atoms with van der Waals surface area (Å²) in [6.45, 7) is 2.07. The molecule has 2 nitrogen and oxygen atoms in total. The maximum atomic E-state index is 5.97. The maximum absolute atomic E-state index is 5.97. The molecule has 1 aliphatic heterocycles. The molecule has 2 rings (SSSR count). The van der Waals surface area contributed by atoms with Crippen LogP contribution in [0.5, 0.6) is 0 Å². The van der Waals surface area contributed by atoms with Crippen LogP contribution in [0, 0.1) is 5.92 Å². The van der Waals surface area contributed by atoms with Crippen LogP contribution in [0.25, 0.3) is 6.08 Å². The van der Waals surface area contributed by atoms with E-state index in [-0.39, 0.29) is 0 Å². The van der Waals surface area contributed by atoms with Crippen molar-refractivity contribution in [2.24, 2.45) is 5.92 Å². The molecule has 1 aromatic rings. The molecule has 1 aromatic carbocycles. The van der Waals surface area contributed by atoms with E-state index in [0.717, 1.165) is 18.7 Å². The van der Waals surface area contributed by atoms with E-state index in [1.54, 1.807) is 0 Å². The van der Waals surface area contributed by atoms with Gasteiger partial charge in [0.05, 0.1) is 10.0 Å². The van der Waals surface area contributed by atoms with Gasteiger partial charge in [-0.05, 0) is 30.0 Å². The van der Waals surface area contributed by atoms with E-state index < -0.39 is 0 Å². The molecule has 1 heterocycles. The van der Waals surface area contributed by atoms with Crippen molar-refractivity contribution < 1.29 is 0 Å². The third kappa shape index (κ3) is 3.71. The van der Waals surface area contributed by atoms with Crippen LogP contribution in [0.1, 0.15) is 12.0 Å². The largest absolute Gasteiger partial charge is 0.255 e. The average Bonchev–Trinajstić information content (AvgIpc) is 2.33. The predicted molar refractivity (Wildman–Crippen MR) is 74.2 cm³/mol. The number of rotatable bonds is 2. The van der Waals surface area contributed by atoms with Crippen molar-refractivity contribution in [2.75, 3.05) is 20.1 Å². The minimum Gasteiger partial charge on any atom is -0.255 e. The van der Waals surface area contributed by atoms with Gasteiger partial charge in [0.1, 0.15) is 0 Å². The van der Waals surface area contributed by atoms with E-state index in [4.69, 9.17) is 23.2 Å². The van der Waals surface area contributed by atoms with Gasteiger partial charge in [0.15, 0.2) is 0 Å². The second-order valence-electron chi connectivity index (χ2n) is 4.37. The van der Waals surface area contributed by atoms with Crippen molar-refractivity contribution >= 4 is 29.3 Å². The fraction of sp³-hybridized carbons (Fsp3) is 0.385. The van der Waals surface area contributed by atoms with Gasteiger partial charge in [-0.15, -0.1) is 0 Å². The third-order valence-corrected chi connectivity index (χ3v) is 3.70. The second kappa shape index (κ2) is 5.87. The van der Waals surface area contributed by atoms with E-state index in [9.17, 15) is 0 Å². The van der Waals surface area contributed by atoms with Gasteiger partial charge in [-0.25, -0.2) is 5.01 Å². The quantitative estimate of drug-likeness (QED) is 0.886. The van der Waals surface area contributed by atoms with Gasteiger partial charge in [0.2, 0.25) is 0 Å². The Hall–Kier alpha value is -0.540. The highest BCUT2D eigenvalue weighted by Gasteiger charge is 2.12. The van der Waals surface area contributed by atoms with Crippen molar-refractivity contribution in [3.05, 3.63) is 39.9 Å². The van der Waals surface area contributed by atoms with Gasteiger partial charge in [0.25, 0.3) is 0 Å². The highest BCUT2D eigenvalue weighted by atomic mass is 35.5. The number of nitrogens with zero attached hydrogens (tertiary/aromatic N) is 1. The van der Waals surface area contributed by atoms with Gasteiger partial charge < -0.3 is 0 Å². The minimum absolute atomic E-state index is 0.584. The Kier molecular flexibility index (Phi) is 4.46. The molecule has 17 heavy (non-hydrogen) atoms. The third-order valence-electron chi connectivity index (χ3n) is 2.96. The van der Waals surface area contributed by atoms with Gasteiger partial charge in [-0.3, -0.25) is 5.43 Å². The van der Waals surface area contributed by atoms with Crippen molar-refractivity contribution in [1.82, 2.24) is 10.4 Å². The van der Waals surface area contributed by atoms with E-state index in [1.165, 1.54) is 6.42 Å². The first-order valence-corrected chi connectivity index (χ1v) is 6.48. The Balaban J connectivity index is 1.97. The standard InChI is InChI=1S/C13H16Cl2N2/c1-17-7-6-11(9-16-17)3-2-10-4-5-12(14)13(15)8-10/h2-5,8,11,16H,6-7,9H2,1H3/b3-2+. The maximum Gasteiger partial charge on any atom is 0.0598 e. The van der Waals surface area contributed by atoms with Gasteiger partial charge in [-0.1, -0.05) is 41.4 Å². The lowest BCUT2D eigenvalue weighted by atomic mass is 10.0. The Morgan fingerprint density at radius 2 is 2.18 bits per heavy atom. The first kappa shape index (κ1) is 12.9. The zero-order valence-electron chi connectivity index (χ0n) is 9.79. The smallest absolute Gasteiger partial charge is 0.0598 e. The molecule has 0 saturated carbocycles. The number of benzene rings is 1. The molecular formula is C13H16Cl2N2. The molecule has 0 aliphatic carbocycles. The van der Waals surface area contributed by atoms with Crippen LogP contribution < -0.4 is 5.43 Å². The monoisotopic (exact) mass is 270 g/mol. The number of hydrogen-bond acceptors (Lipinski definition) is 2. The topological polar surface area (TPSA) is 15.3 Å². The number of nitrogens with one attached hydrogen (secondary N) is 1. The summed E-state index contributed by atoms with van der Waals surface area (Å²) in [6.07, 6.45) is 5.53. The molecule has 0 radical (unpaired) electrons. The summed E-state index contributed by atoms with van der Waals surface area (Å²) in [4.78, 5) is 0. The molecule has 0 bridgehead atoms. The summed E-state index contributed by atoms with van der Waals surface area (Å²) >= 11 is 11.8. The molecule has 1 aliphatic rings. The SMILES string of the molecule is CN1CCC(/C=C/c2ccc(Cl)c(Cl)c2)CN1. The predicted octanol–water partition coefficient (Wildman–Crippen LogP) is 3.46. The molecule has 0 spiro atoms. The zero-order valence-corrected chi connectivity index (χ0v) is 11.3. The van der Waals surface area contributed by atoms with Crippen molar-refractivity contribution in [3.63, 3.8) is 0 Å². The highest BCUT2D eigenvalue weighted by Crippen LogP contribution is 2.23. The Morgan fingerprint density at radius 1 is 1.35 bits per heavy atom. The summed E-state index contributed by atoms with van der Waals surface area (Å²) < 4.78 is 0. The number of hydrazine groups is 1. The lowest BCUT2D eigenvalue weighted by Crippen LogP contribution is -2.43. The van der Waals surface area contributed by atoms with E-state index >= 15 is 0 Å². The molecular weight excluding hydrogens is 255 g/mol. The van der Waals surface area contributed by atoms with Crippen LogP contribution in [-0.2, 0) is 0 Å². The summed E-state index contributed by atoms with van der Waals surface area (Å²) in [6, 6.07) is 5.70. The molecule has 0 aromatic heterocycles. The van der Waals surface area contributed by atoms with Gasteiger partial charge >= 0.3 is 0 Å². The molecule has 1 fully saturated rings. The second-order valence-corrected chi connectivity index (χ2v) is 5.18. The molecule has 1 atom stereocenters. The lowest BCUT2D eigenvalue weighted by Gasteiger charge is -2.28. The molecule has 1 saturated heterocycles.